The number of pyridine rings is 1. The zero-order chi connectivity index (χ0) is 19.5. The summed E-state index contributed by atoms with van der Waals surface area (Å²) in [4.78, 5) is 17.6. The van der Waals surface area contributed by atoms with Gasteiger partial charge in [0.1, 0.15) is 5.69 Å². The molecule has 2 aromatic heterocycles. The molecule has 2 N–H and O–H groups in total. The highest BCUT2D eigenvalue weighted by Gasteiger charge is 2.22. The molecule has 1 aliphatic rings. The number of rotatable bonds is 4. The molecule has 0 aliphatic carbocycles. The number of benzene rings is 1. The Balaban J connectivity index is 1.71. The molecule has 0 spiro atoms. The first-order chi connectivity index (χ1) is 13.6. The van der Waals surface area contributed by atoms with E-state index in [0.717, 1.165) is 28.5 Å². The molecule has 144 valence electrons. The van der Waals surface area contributed by atoms with Gasteiger partial charge in [-0.05, 0) is 49.6 Å². The zero-order valence-electron chi connectivity index (χ0n) is 15.3. The molecule has 1 amide bonds. The second-order valence-corrected chi connectivity index (χ2v) is 7.87. The van der Waals surface area contributed by atoms with Crippen LogP contribution >= 0.6 is 15.9 Å². The molecular weight excluding hydrogens is 422 g/mol. The van der Waals surface area contributed by atoms with Crippen LogP contribution in [0.1, 0.15) is 29.8 Å². The van der Waals surface area contributed by atoms with Crippen LogP contribution in [0, 0.1) is 0 Å². The lowest BCUT2D eigenvalue weighted by atomic mass is 10.1. The Morgan fingerprint density at radius 1 is 1.21 bits per heavy atom. The Labute approximate surface area is 170 Å². The second-order valence-electron chi connectivity index (χ2n) is 6.95. The van der Waals surface area contributed by atoms with E-state index in [0.29, 0.717) is 12.4 Å². The van der Waals surface area contributed by atoms with E-state index in [4.69, 9.17) is 0 Å². The van der Waals surface area contributed by atoms with Gasteiger partial charge < -0.3 is 10.0 Å². The number of carbonyl (C=O) groups is 1. The number of nitrogens with zero attached hydrogens (tertiary/aromatic N) is 4. The summed E-state index contributed by atoms with van der Waals surface area (Å²) in [5.41, 5.74) is 1.39. The Morgan fingerprint density at radius 3 is 2.79 bits per heavy atom. The number of halogens is 1. The number of likely N-dealkylation sites (tertiary alicyclic amines) is 1. The predicted molar refractivity (Wildman–Crippen MR) is 109 cm³/mol. The summed E-state index contributed by atoms with van der Waals surface area (Å²) in [6, 6.07) is 10.8. The second kappa shape index (κ2) is 8.20. The van der Waals surface area contributed by atoms with Crippen LogP contribution in [-0.2, 0) is 6.67 Å². The Morgan fingerprint density at radius 2 is 2.04 bits per heavy atom. The molecule has 3 aromatic rings. The molecule has 1 fully saturated rings. The highest BCUT2D eigenvalue weighted by atomic mass is 79.9. The lowest BCUT2D eigenvalue weighted by Crippen LogP contribution is -3.12. The highest BCUT2D eigenvalue weighted by Crippen LogP contribution is 2.39. The summed E-state index contributed by atoms with van der Waals surface area (Å²) >= 11 is 3.47. The van der Waals surface area contributed by atoms with Crippen molar-refractivity contribution < 1.29 is 14.8 Å². The highest BCUT2D eigenvalue weighted by molar-refractivity contribution is 9.10. The van der Waals surface area contributed by atoms with Crippen molar-refractivity contribution in [2.24, 2.45) is 10.2 Å². The minimum atomic E-state index is -0.544. The molecule has 0 atom stereocenters. The van der Waals surface area contributed by atoms with Crippen LogP contribution in [0.2, 0.25) is 0 Å². The van der Waals surface area contributed by atoms with Crippen LogP contribution in [-0.4, -0.2) is 33.7 Å². The van der Waals surface area contributed by atoms with Crippen LogP contribution in [0.5, 0.6) is 5.88 Å². The van der Waals surface area contributed by atoms with E-state index in [9.17, 15) is 9.90 Å². The molecule has 0 radical (unpaired) electrons. The van der Waals surface area contributed by atoms with Crippen molar-refractivity contribution in [1.82, 2.24) is 9.55 Å². The van der Waals surface area contributed by atoms with E-state index in [-0.39, 0.29) is 11.6 Å². The Bertz CT molecular complexity index is 1030. The van der Waals surface area contributed by atoms with Crippen molar-refractivity contribution in [2.75, 3.05) is 13.1 Å². The van der Waals surface area contributed by atoms with Gasteiger partial charge in [-0.3, -0.25) is 14.3 Å². The smallest absolute Gasteiger partial charge is 0.313 e. The summed E-state index contributed by atoms with van der Waals surface area (Å²) in [6.07, 6.45) is 5.20. The number of carbonyl (C=O) groups excluding carboxylic acids is 1. The normalized spacial score (nSPS) is 15.5. The molecule has 7 nitrogen and oxygen atoms in total. The van der Waals surface area contributed by atoms with Crippen LogP contribution in [0.4, 0.5) is 5.69 Å². The third-order valence-corrected chi connectivity index (χ3v) is 5.53. The van der Waals surface area contributed by atoms with E-state index in [1.807, 2.05) is 22.8 Å². The predicted octanol–water partition coefficient (Wildman–Crippen LogP) is 3.45. The van der Waals surface area contributed by atoms with Gasteiger partial charge in [0.25, 0.3) is 0 Å². The van der Waals surface area contributed by atoms with E-state index in [1.54, 1.807) is 18.2 Å². The lowest BCUT2D eigenvalue weighted by Gasteiger charge is -2.24. The number of hydrogen-bond donors (Lipinski definition) is 2. The quantitative estimate of drug-likeness (QED) is 0.606. The monoisotopic (exact) mass is 442 g/mol. The van der Waals surface area contributed by atoms with Crippen LogP contribution in [0.15, 0.2) is 57.3 Å². The van der Waals surface area contributed by atoms with Gasteiger partial charge in [0.2, 0.25) is 5.88 Å². The van der Waals surface area contributed by atoms with Crippen molar-refractivity contribution in [1.29, 1.82) is 0 Å². The van der Waals surface area contributed by atoms with Gasteiger partial charge in [-0.15, -0.1) is 10.2 Å². The van der Waals surface area contributed by atoms with Gasteiger partial charge in [0.15, 0.2) is 12.4 Å². The molecular formula is C20H21BrN5O2+. The number of aromatic nitrogens is 2. The first-order valence-electron chi connectivity index (χ1n) is 9.35. The van der Waals surface area contributed by atoms with Gasteiger partial charge in [0.05, 0.1) is 18.6 Å². The number of azo groups is 1. The van der Waals surface area contributed by atoms with Crippen molar-refractivity contribution in [3.63, 3.8) is 0 Å². The third-order valence-electron chi connectivity index (χ3n) is 5.04. The first kappa shape index (κ1) is 18.8. The molecule has 1 aromatic carbocycles. The molecule has 0 bridgehead atoms. The largest absolute Gasteiger partial charge is 0.493 e. The SMILES string of the molecule is O=C(N=Nc1c(O)n(C[NH+]2CCCCC2)c2ccc(Br)cc12)c1ccccn1. The molecule has 1 saturated heterocycles. The zero-order valence-corrected chi connectivity index (χ0v) is 16.9. The minimum absolute atomic E-state index is 0.0312. The topological polar surface area (TPSA) is 84.3 Å². The number of piperidine rings is 1. The fourth-order valence-corrected chi connectivity index (χ4v) is 3.98. The first-order valence-corrected chi connectivity index (χ1v) is 10.1. The molecule has 0 saturated carbocycles. The third kappa shape index (κ3) is 3.83. The molecule has 4 rings (SSSR count). The van der Waals surface area contributed by atoms with Gasteiger partial charge >= 0.3 is 5.91 Å². The summed E-state index contributed by atoms with van der Waals surface area (Å²) in [5, 5.41) is 19.5. The minimum Gasteiger partial charge on any atom is -0.493 e. The number of quaternary nitrogens is 1. The number of hydrogen-bond acceptors (Lipinski definition) is 4. The Kier molecular flexibility index (Phi) is 5.50. The van der Waals surface area contributed by atoms with Crippen molar-refractivity contribution in [2.45, 2.75) is 25.9 Å². The number of nitrogens with one attached hydrogen (secondary N) is 1. The lowest BCUT2D eigenvalue weighted by molar-refractivity contribution is -0.927. The number of fused-ring (bicyclic) bond motifs is 1. The molecule has 1 aliphatic heterocycles. The Hall–Kier alpha value is -2.58. The van der Waals surface area contributed by atoms with E-state index in [2.05, 4.69) is 31.1 Å². The van der Waals surface area contributed by atoms with Crippen LogP contribution in [0.3, 0.4) is 0 Å². The average molecular weight is 443 g/mol. The maximum absolute atomic E-state index is 12.2. The summed E-state index contributed by atoms with van der Waals surface area (Å²) in [7, 11) is 0. The maximum atomic E-state index is 12.2. The van der Waals surface area contributed by atoms with Crippen LogP contribution < -0.4 is 4.90 Å². The van der Waals surface area contributed by atoms with E-state index < -0.39 is 5.91 Å². The maximum Gasteiger partial charge on any atom is 0.313 e. The van der Waals surface area contributed by atoms with E-state index in [1.165, 1.54) is 30.4 Å². The summed E-state index contributed by atoms with van der Waals surface area (Å²) in [6.45, 7) is 2.84. The van der Waals surface area contributed by atoms with Crippen molar-refractivity contribution in [3.8, 4) is 5.88 Å². The fourth-order valence-electron chi connectivity index (χ4n) is 3.62. The van der Waals surface area contributed by atoms with Crippen LogP contribution in [0.25, 0.3) is 10.9 Å². The standard InChI is InChI=1S/C20H20BrN5O2/c21-14-7-8-17-15(12-14)18(23-24-19(27)16-6-2-3-9-22-16)20(28)26(17)13-25-10-4-1-5-11-25/h2-3,6-9,12,28H,1,4-5,10-11,13H2/p+1. The summed E-state index contributed by atoms with van der Waals surface area (Å²) in [5.74, 6) is -0.513. The van der Waals surface area contributed by atoms with E-state index >= 15 is 0 Å². The summed E-state index contributed by atoms with van der Waals surface area (Å²) < 4.78 is 2.73. The van der Waals surface area contributed by atoms with Gasteiger partial charge in [0, 0.05) is 16.1 Å². The molecule has 3 heterocycles. The molecule has 8 heteroatoms. The molecule has 0 unspecified atom stereocenters. The average Bonchev–Trinajstić information content (AvgIpc) is 2.98. The fraction of sp³-hybridized carbons (Fsp3) is 0.300. The number of amides is 1. The van der Waals surface area contributed by atoms with Gasteiger partial charge in [-0.2, -0.15) is 0 Å². The van der Waals surface area contributed by atoms with Gasteiger partial charge in [-0.25, -0.2) is 0 Å². The molecule has 28 heavy (non-hydrogen) atoms. The number of aromatic hydroxyl groups is 1. The van der Waals surface area contributed by atoms with Crippen molar-refractivity contribution in [3.05, 3.63) is 52.8 Å². The van der Waals surface area contributed by atoms with Gasteiger partial charge in [-0.1, -0.05) is 22.0 Å². The van der Waals surface area contributed by atoms with Crippen molar-refractivity contribution >= 4 is 38.4 Å².